The Labute approximate surface area is 115 Å². The molecule has 2 aromatic carbocycles. The average Bonchev–Trinajstić information content (AvgIpc) is 2.47. The molecule has 20 heavy (non-hydrogen) atoms. The molecule has 102 valence electrons. The van der Waals surface area contributed by atoms with E-state index in [2.05, 4.69) is 10.3 Å². The highest BCUT2D eigenvalue weighted by atomic mass is 16.4. The van der Waals surface area contributed by atoms with Crippen LogP contribution in [0.4, 0.5) is 11.4 Å². The summed E-state index contributed by atoms with van der Waals surface area (Å²) in [7, 11) is 0. The minimum atomic E-state index is 0.136. The minimum Gasteiger partial charge on any atom is -0.410 e. The third-order valence-corrected chi connectivity index (χ3v) is 2.79. The first-order valence-electron chi connectivity index (χ1n) is 5.82. The molecule has 0 fully saturated rings. The first kappa shape index (κ1) is 13.4. The smallest absolute Gasteiger partial charge is 0.139 e. The lowest BCUT2D eigenvalue weighted by atomic mass is 9.99. The van der Waals surface area contributed by atoms with Gasteiger partial charge in [-0.05, 0) is 24.3 Å². The van der Waals surface area contributed by atoms with Gasteiger partial charge >= 0.3 is 0 Å². The van der Waals surface area contributed by atoms with Crippen LogP contribution in [0.1, 0.15) is 11.1 Å². The van der Waals surface area contributed by atoms with Crippen molar-refractivity contribution in [2.75, 3.05) is 11.5 Å². The van der Waals surface area contributed by atoms with E-state index in [4.69, 9.17) is 11.5 Å². The lowest BCUT2D eigenvalue weighted by Crippen LogP contribution is -2.17. The van der Waals surface area contributed by atoms with Crippen molar-refractivity contribution in [3.05, 3.63) is 59.7 Å². The van der Waals surface area contributed by atoms with Crippen LogP contribution in [0.2, 0.25) is 0 Å². The molecule has 6 N–H and O–H groups in total. The Kier molecular flexibility index (Phi) is 3.85. The van der Waals surface area contributed by atoms with E-state index in [0.29, 0.717) is 22.5 Å². The molecule has 2 aromatic rings. The summed E-state index contributed by atoms with van der Waals surface area (Å²) in [5, 5.41) is 24.8. The first-order chi connectivity index (χ1) is 9.65. The summed E-state index contributed by atoms with van der Waals surface area (Å²) in [5.74, 6) is 0. The van der Waals surface area contributed by atoms with Crippen LogP contribution < -0.4 is 11.5 Å². The highest BCUT2D eigenvalue weighted by Gasteiger charge is 2.15. The number of nitrogen functional groups attached to an aromatic ring is 2. The summed E-state index contributed by atoms with van der Waals surface area (Å²) in [4.78, 5) is 0. The summed E-state index contributed by atoms with van der Waals surface area (Å²) in [6, 6.07) is 13.4. The van der Waals surface area contributed by atoms with Gasteiger partial charge in [0.1, 0.15) is 11.4 Å². The maximum absolute atomic E-state index is 9.21. The molecule has 0 atom stereocenters. The van der Waals surface area contributed by atoms with Gasteiger partial charge in [-0.2, -0.15) is 0 Å². The molecule has 0 saturated carbocycles. The van der Waals surface area contributed by atoms with E-state index >= 15 is 0 Å². The summed E-state index contributed by atoms with van der Waals surface area (Å²) in [6.45, 7) is 0. The molecule has 6 heteroatoms. The van der Waals surface area contributed by atoms with Crippen LogP contribution in [-0.2, 0) is 0 Å². The van der Waals surface area contributed by atoms with Gasteiger partial charge in [0, 0.05) is 22.5 Å². The Morgan fingerprint density at radius 3 is 1.20 bits per heavy atom. The lowest BCUT2D eigenvalue weighted by Gasteiger charge is -2.08. The molecule has 0 aromatic heterocycles. The topological polar surface area (TPSA) is 117 Å². The van der Waals surface area contributed by atoms with Crippen LogP contribution in [-0.4, -0.2) is 21.8 Å². The first-order valence-corrected chi connectivity index (χ1v) is 5.82. The number of nitrogens with two attached hydrogens (primary N) is 2. The monoisotopic (exact) mass is 270 g/mol. The number of anilines is 2. The molecule has 0 aliphatic heterocycles. The molecule has 6 nitrogen and oxygen atoms in total. The van der Waals surface area contributed by atoms with E-state index < -0.39 is 0 Å². The molecule has 0 aliphatic carbocycles. The second-order valence-electron chi connectivity index (χ2n) is 4.14. The zero-order valence-electron chi connectivity index (χ0n) is 10.6. The number of nitrogens with zero attached hydrogens (tertiary/aromatic N) is 2. The van der Waals surface area contributed by atoms with Gasteiger partial charge < -0.3 is 21.9 Å². The minimum absolute atomic E-state index is 0.136. The fourth-order valence-corrected chi connectivity index (χ4v) is 1.77. The van der Waals surface area contributed by atoms with E-state index in [1.54, 1.807) is 48.5 Å². The Hall–Kier alpha value is -3.02. The highest BCUT2D eigenvalue weighted by Crippen LogP contribution is 2.13. The Morgan fingerprint density at radius 2 is 0.950 bits per heavy atom. The summed E-state index contributed by atoms with van der Waals surface area (Å²) >= 11 is 0. The van der Waals surface area contributed by atoms with Gasteiger partial charge in [-0.15, -0.1) is 0 Å². The molecule has 0 heterocycles. The third kappa shape index (κ3) is 2.69. The number of hydrogen-bond acceptors (Lipinski definition) is 6. The van der Waals surface area contributed by atoms with Crippen LogP contribution in [0, 0.1) is 0 Å². The fraction of sp³-hybridized carbons (Fsp3) is 0. The van der Waals surface area contributed by atoms with Crippen LogP contribution in [0.5, 0.6) is 0 Å². The van der Waals surface area contributed by atoms with E-state index in [1.807, 2.05) is 0 Å². The fourth-order valence-electron chi connectivity index (χ4n) is 1.77. The van der Waals surface area contributed by atoms with Crippen molar-refractivity contribution in [3.63, 3.8) is 0 Å². The van der Waals surface area contributed by atoms with Crippen molar-refractivity contribution < 1.29 is 10.4 Å². The number of hydrogen-bond donors (Lipinski definition) is 4. The van der Waals surface area contributed by atoms with Gasteiger partial charge in [0.05, 0.1) is 0 Å². The second-order valence-corrected chi connectivity index (χ2v) is 4.14. The Balaban J connectivity index is 2.44. The molecule has 0 unspecified atom stereocenters. The normalized spacial score (nSPS) is 12.4. The summed E-state index contributed by atoms with van der Waals surface area (Å²) in [5.41, 5.74) is 13.8. The van der Waals surface area contributed by atoms with Crippen LogP contribution in [0.15, 0.2) is 58.8 Å². The maximum atomic E-state index is 9.21. The number of oxime groups is 2. The van der Waals surface area contributed by atoms with E-state index in [0.717, 1.165) is 0 Å². The predicted octanol–water partition coefficient (Wildman–Crippen LogP) is 1.91. The average molecular weight is 270 g/mol. The maximum Gasteiger partial charge on any atom is 0.139 e. The van der Waals surface area contributed by atoms with Crippen molar-refractivity contribution in [1.82, 2.24) is 0 Å². The molecule has 0 radical (unpaired) electrons. The number of rotatable bonds is 3. The highest BCUT2D eigenvalue weighted by molar-refractivity contribution is 6.53. The molecule has 0 bridgehead atoms. The zero-order chi connectivity index (χ0) is 14.5. The standard InChI is InChI=1S/C14H14N4O2/c15-11-5-1-9(2-6-11)13(17-19)14(18-20)10-3-7-12(16)8-4-10/h1-8,19-20H,15-16H2/b17-13-,18-14+. The molecule has 0 saturated heterocycles. The Bertz CT molecular complexity index is 586. The van der Waals surface area contributed by atoms with Gasteiger partial charge in [0.2, 0.25) is 0 Å². The third-order valence-electron chi connectivity index (χ3n) is 2.79. The van der Waals surface area contributed by atoms with E-state index in [1.165, 1.54) is 0 Å². The second kappa shape index (κ2) is 5.75. The summed E-state index contributed by atoms with van der Waals surface area (Å²) in [6.07, 6.45) is 0. The van der Waals surface area contributed by atoms with Crippen molar-refractivity contribution in [3.8, 4) is 0 Å². The molecule has 0 spiro atoms. The van der Waals surface area contributed by atoms with E-state index in [-0.39, 0.29) is 11.4 Å². The molecule has 0 amide bonds. The molecular weight excluding hydrogens is 256 g/mol. The van der Waals surface area contributed by atoms with Crippen LogP contribution in [0.25, 0.3) is 0 Å². The zero-order valence-corrected chi connectivity index (χ0v) is 10.6. The Morgan fingerprint density at radius 1 is 0.650 bits per heavy atom. The van der Waals surface area contributed by atoms with Crippen LogP contribution >= 0.6 is 0 Å². The van der Waals surface area contributed by atoms with Crippen molar-refractivity contribution >= 4 is 22.8 Å². The van der Waals surface area contributed by atoms with Crippen molar-refractivity contribution in [1.29, 1.82) is 0 Å². The van der Waals surface area contributed by atoms with E-state index in [9.17, 15) is 10.4 Å². The van der Waals surface area contributed by atoms with Gasteiger partial charge in [-0.1, -0.05) is 34.6 Å². The predicted molar refractivity (Wildman–Crippen MR) is 78.4 cm³/mol. The molecule has 0 aliphatic rings. The largest absolute Gasteiger partial charge is 0.410 e. The quantitative estimate of drug-likeness (QED) is 0.295. The van der Waals surface area contributed by atoms with Gasteiger partial charge in [-0.3, -0.25) is 0 Å². The number of benzene rings is 2. The van der Waals surface area contributed by atoms with Gasteiger partial charge in [0.15, 0.2) is 0 Å². The van der Waals surface area contributed by atoms with Gasteiger partial charge in [0.25, 0.3) is 0 Å². The van der Waals surface area contributed by atoms with Gasteiger partial charge in [-0.25, -0.2) is 0 Å². The molecule has 2 rings (SSSR count). The van der Waals surface area contributed by atoms with Crippen LogP contribution in [0.3, 0.4) is 0 Å². The lowest BCUT2D eigenvalue weighted by molar-refractivity contribution is 0.314. The molecular formula is C14H14N4O2. The summed E-state index contributed by atoms with van der Waals surface area (Å²) < 4.78 is 0. The SMILES string of the molecule is Nc1ccc(C(=N/O)/C(=N/O)c2ccc(N)cc2)cc1. The van der Waals surface area contributed by atoms with Crippen molar-refractivity contribution in [2.45, 2.75) is 0 Å². The van der Waals surface area contributed by atoms with Crippen molar-refractivity contribution in [2.24, 2.45) is 10.3 Å².